The van der Waals surface area contributed by atoms with Gasteiger partial charge in [-0.15, -0.1) is 0 Å². The Bertz CT molecular complexity index is 1960. The number of benzene rings is 6. The summed E-state index contributed by atoms with van der Waals surface area (Å²) in [6, 6.07) is 46.5. The van der Waals surface area contributed by atoms with E-state index in [2.05, 4.69) is 115 Å². The summed E-state index contributed by atoms with van der Waals surface area (Å²) in [6.07, 6.45) is 0. The van der Waals surface area contributed by atoms with Crippen LogP contribution in [0.1, 0.15) is 22.3 Å². The summed E-state index contributed by atoms with van der Waals surface area (Å²) in [6.45, 7) is 3.67. The normalized spacial score (nSPS) is 14.2. The molecule has 0 radical (unpaired) electrons. The predicted molar refractivity (Wildman–Crippen MR) is 165 cm³/mol. The van der Waals surface area contributed by atoms with E-state index in [4.69, 9.17) is 0 Å². The monoisotopic (exact) mass is 518 g/mol. The van der Waals surface area contributed by atoms with Crippen LogP contribution in [-0.4, -0.2) is 13.3 Å². The standard InChI is InChI=1S/C37H27OP/c1-39(2,38)26-21-18-25(19-22-26)27-14-9-17-34-35(27)31-23-20-24-10-3-4-11-28(24)36(31)37(34)32-15-7-5-12-29(32)30-13-6-8-16-33(30)37/h3-23H,1-2H3. The van der Waals surface area contributed by atoms with Gasteiger partial charge in [-0.2, -0.15) is 0 Å². The molecule has 0 aromatic heterocycles. The first-order chi connectivity index (χ1) is 19.0. The van der Waals surface area contributed by atoms with E-state index in [0.717, 1.165) is 10.9 Å². The Labute approximate surface area is 229 Å². The van der Waals surface area contributed by atoms with Gasteiger partial charge in [-0.1, -0.05) is 127 Å². The van der Waals surface area contributed by atoms with Crippen LogP contribution in [0.25, 0.3) is 44.2 Å². The van der Waals surface area contributed by atoms with Crippen LogP contribution in [0.15, 0.2) is 127 Å². The summed E-state index contributed by atoms with van der Waals surface area (Å²) < 4.78 is 12.7. The lowest BCUT2D eigenvalue weighted by molar-refractivity contribution is 0.588. The Kier molecular flexibility index (Phi) is 4.62. The number of hydrogen-bond donors (Lipinski definition) is 0. The third kappa shape index (κ3) is 2.94. The molecule has 1 spiro atoms. The summed E-state index contributed by atoms with van der Waals surface area (Å²) >= 11 is 0. The molecule has 2 heteroatoms. The third-order valence-electron chi connectivity index (χ3n) is 8.79. The maximum absolute atomic E-state index is 12.7. The van der Waals surface area contributed by atoms with E-state index in [1.807, 2.05) is 25.5 Å². The van der Waals surface area contributed by atoms with E-state index in [1.54, 1.807) is 0 Å². The van der Waals surface area contributed by atoms with Crippen LogP contribution in [-0.2, 0) is 9.98 Å². The van der Waals surface area contributed by atoms with Crippen LogP contribution in [0.4, 0.5) is 0 Å². The number of fused-ring (bicyclic) bond motifs is 12. The summed E-state index contributed by atoms with van der Waals surface area (Å²) in [5.74, 6) is 0. The molecule has 0 amide bonds. The fourth-order valence-corrected chi connectivity index (χ4v) is 8.08. The van der Waals surface area contributed by atoms with Crippen LogP contribution in [0.3, 0.4) is 0 Å². The molecular weight excluding hydrogens is 491 g/mol. The van der Waals surface area contributed by atoms with Crippen LogP contribution in [0.2, 0.25) is 0 Å². The quantitative estimate of drug-likeness (QED) is 0.209. The van der Waals surface area contributed by atoms with E-state index in [1.165, 1.54) is 60.8 Å². The molecule has 1 nitrogen and oxygen atoms in total. The van der Waals surface area contributed by atoms with Gasteiger partial charge in [0.25, 0.3) is 0 Å². The fraction of sp³-hybridized carbons (Fsp3) is 0.0811. The molecule has 0 unspecified atom stereocenters. The summed E-state index contributed by atoms with van der Waals surface area (Å²) in [4.78, 5) is 0. The second-order valence-corrected chi connectivity index (χ2v) is 14.4. The summed E-state index contributed by atoms with van der Waals surface area (Å²) in [5, 5.41) is 3.48. The lowest BCUT2D eigenvalue weighted by Gasteiger charge is -2.31. The molecule has 0 N–H and O–H groups in total. The van der Waals surface area contributed by atoms with Crippen molar-refractivity contribution in [3.05, 3.63) is 150 Å². The molecule has 6 aromatic rings. The molecule has 2 aliphatic carbocycles. The van der Waals surface area contributed by atoms with Gasteiger partial charge in [0.2, 0.25) is 0 Å². The van der Waals surface area contributed by atoms with E-state index in [0.29, 0.717) is 0 Å². The lowest BCUT2D eigenvalue weighted by atomic mass is 9.69. The van der Waals surface area contributed by atoms with Crippen molar-refractivity contribution < 1.29 is 4.57 Å². The van der Waals surface area contributed by atoms with Gasteiger partial charge < -0.3 is 4.57 Å². The van der Waals surface area contributed by atoms with Crippen LogP contribution >= 0.6 is 7.14 Å². The van der Waals surface area contributed by atoms with Crippen molar-refractivity contribution in [1.29, 1.82) is 0 Å². The molecule has 8 rings (SSSR count). The number of hydrogen-bond acceptors (Lipinski definition) is 1. The topological polar surface area (TPSA) is 17.1 Å². The fourth-order valence-electron chi connectivity index (χ4n) is 7.21. The van der Waals surface area contributed by atoms with Gasteiger partial charge in [-0.05, 0) is 79.7 Å². The second-order valence-electron chi connectivity index (χ2n) is 11.2. The van der Waals surface area contributed by atoms with Gasteiger partial charge in [-0.25, -0.2) is 0 Å². The molecule has 0 saturated carbocycles. The van der Waals surface area contributed by atoms with E-state index in [9.17, 15) is 4.57 Å². The first kappa shape index (κ1) is 22.8. The van der Waals surface area contributed by atoms with E-state index in [-0.39, 0.29) is 0 Å². The molecule has 2 aliphatic rings. The van der Waals surface area contributed by atoms with Gasteiger partial charge >= 0.3 is 0 Å². The highest BCUT2D eigenvalue weighted by Crippen LogP contribution is 2.65. The zero-order chi connectivity index (χ0) is 26.4. The molecule has 0 heterocycles. The SMILES string of the molecule is CP(C)(=O)c1ccc(-c2cccc3c2-c2ccc4ccccc4c2C32c3ccccc3-c3ccccc32)cc1. The highest BCUT2D eigenvalue weighted by Gasteiger charge is 2.52. The van der Waals surface area contributed by atoms with E-state index >= 15 is 0 Å². The van der Waals surface area contributed by atoms with Crippen molar-refractivity contribution in [3.63, 3.8) is 0 Å². The zero-order valence-electron chi connectivity index (χ0n) is 22.0. The first-order valence-electron chi connectivity index (χ1n) is 13.5. The van der Waals surface area contributed by atoms with Gasteiger partial charge in [-0.3, -0.25) is 0 Å². The predicted octanol–water partition coefficient (Wildman–Crippen LogP) is 9.10. The van der Waals surface area contributed by atoms with Crippen molar-refractivity contribution in [2.24, 2.45) is 0 Å². The van der Waals surface area contributed by atoms with Crippen molar-refractivity contribution in [1.82, 2.24) is 0 Å². The first-order valence-corrected chi connectivity index (χ1v) is 16.1. The Balaban J connectivity index is 1.54. The molecule has 0 atom stereocenters. The molecule has 0 bridgehead atoms. The Hall–Kier alpha value is -4.19. The molecular formula is C37H27OP. The number of rotatable bonds is 2. The highest BCUT2D eigenvalue weighted by molar-refractivity contribution is 7.70. The van der Waals surface area contributed by atoms with Crippen LogP contribution in [0.5, 0.6) is 0 Å². The Morgan fingerprint density at radius 3 is 1.79 bits per heavy atom. The highest BCUT2D eigenvalue weighted by atomic mass is 31.2. The minimum absolute atomic E-state index is 0.392. The molecule has 0 saturated heterocycles. The Morgan fingerprint density at radius 2 is 1.10 bits per heavy atom. The summed E-state index contributed by atoms with van der Waals surface area (Å²) in [5.41, 5.74) is 12.6. The lowest BCUT2D eigenvalue weighted by Crippen LogP contribution is -2.26. The average Bonchev–Trinajstić information content (AvgIpc) is 3.44. The van der Waals surface area contributed by atoms with Gasteiger partial charge in [0, 0.05) is 5.30 Å². The maximum Gasteiger partial charge on any atom is 0.109 e. The van der Waals surface area contributed by atoms with Gasteiger partial charge in [0.1, 0.15) is 7.14 Å². The summed E-state index contributed by atoms with van der Waals surface area (Å²) in [7, 11) is -2.32. The van der Waals surface area contributed by atoms with Crippen LogP contribution < -0.4 is 5.30 Å². The molecule has 0 aliphatic heterocycles. The molecule has 6 aromatic carbocycles. The minimum atomic E-state index is -2.32. The maximum atomic E-state index is 12.7. The van der Waals surface area contributed by atoms with Gasteiger partial charge in [0.05, 0.1) is 5.41 Å². The minimum Gasteiger partial charge on any atom is -0.319 e. The molecule has 39 heavy (non-hydrogen) atoms. The average molecular weight is 519 g/mol. The molecule has 0 fully saturated rings. The van der Waals surface area contributed by atoms with Crippen molar-refractivity contribution >= 4 is 23.2 Å². The van der Waals surface area contributed by atoms with Crippen LogP contribution in [0, 0.1) is 0 Å². The molecule has 186 valence electrons. The van der Waals surface area contributed by atoms with E-state index < -0.39 is 12.6 Å². The third-order valence-corrected chi connectivity index (χ3v) is 10.3. The largest absolute Gasteiger partial charge is 0.319 e. The van der Waals surface area contributed by atoms with Crippen molar-refractivity contribution in [2.75, 3.05) is 13.3 Å². The zero-order valence-corrected chi connectivity index (χ0v) is 22.9. The smallest absolute Gasteiger partial charge is 0.109 e. The van der Waals surface area contributed by atoms with Crippen molar-refractivity contribution in [3.8, 4) is 33.4 Å². The van der Waals surface area contributed by atoms with Gasteiger partial charge in [0.15, 0.2) is 0 Å². The Morgan fingerprint density at radius 1 is 0.513 bits per heavy atom. The second kappa shape index (κ2) is 7.92. The van der Waals surface area contributed by atoms with Crippen molar-refractivity contribution in [2.45, 2.75) is 5.41 Å².